The normalized spacial score (nSPS) is 19.9. The van der Waals surface area contributed by atoms with E-state index in [1.165, 1.54) is 7.11 Å². The summed E-state index contributed by atoms with van der Waals surface area (Å²) in [5, 5.41) is 9.00. The number of aliphatic hydroxyl groups is 1. The van der Waals surface area contributed by atoms with Gasteiger partial charge in [-0.05, 0) is 13.8 Å². The van der Waals surface area contributed by atoms with Crippen molar-refractivity contribution in [1.29, 1.82) is 0 Å². The largest absolute Gasteiger partial charge is 0.389 e. The molecule has 0 amide bonds. The van der Waals surface area contributed by atoms with Crippen molar-refractivity contribution >= 4 is 0 Å². The maximum absolute atomic E-state index is 9.00. The van der Waals surface area contributed by atoms with Crippen molar-refractivity contribution in [2.45, 2.75) is 25.6 Å². The van der Waals surface area contributed by atoms with E-state index in [1.807, 2.05) is 0 Å². The number of terminal acetylenes is 1. The van der Waals surface area contributed by atoms with Crippen LogP contribution in [-0.4, -0.2) is 23.9 Å². The molecule has 0 fully saturated rings. The van der Waals surface area contributed by atoms with E-state index in [2.05, 4.69) is 5.92 Å². The van der Waals surface area contributed by atoms with Gasteiger partial charge in [0, 0.05) is 7.11 Å². The van der Waals surface area contributed by atoms with Crippen LogP contribution in [0.3, 0.4) is 0 Å². The van der Waals surface area contributed by atoms with Crippen molar-refractivity contribution in [3.63, 3.8) is 0 Å². The smallest absolute Gasteiger partial charge is 0.150 e. The number of methoxy groups -OCH3 is 1. The van der Waals surface area contributed by atoms with Gasteiger partial charge in [0.1, 0.15) is 0 Å². The van der Waals surface area contributed by atoms with Crippen molar-refractivity contribution in [2.75, 3.05) is 7.11 Å². The summed E-state index contributed by atoms with van der Waals surface area (Å²) in [4.78, 5) is 0. The summed E-state index contributed by atoms with van der Waals surface area (Å²) in [6.07, 6.45) is 4.45. The lowest BCUT2D eigenvalue weighted by atomic mass is 10.0. The molecular weight excluding hydrogens is 116 g/mol. The maximum Gasteiger partial charge on any atom is 0.150 e. The third kappa shape index (κ3) is 1.70. The molecule has 52 valence electrons. The first-order chi connectivity index (χ1) is 4.06. The summed E-state index contributed by atoms with van der Waals surface area (Å²) < 4.78 is 4.86. The number of hydrogen-bond acceptors (Lipinski definition) is 2. The van der Waals surface area contributed by atoms with Gasteiger partial charge in [-0.15, -0.1) is 6.42 Å². The van der Waals surface area contributed by atoms with Crippen LogP contribution >= 0.6 is 0 Å². The molecule has 0 aliphatic heterocycles. The fraction of sp³-hybridized carbons (Fsp3) is 0.714. The molecule has 0 heterocycles. The van der Waals surface area contributed by atoms with Crippen LogP contribution in [0.15, 0.2) is 0 Å². The van der Waals surface area contributed by atoms with Gasteiger partial charge >= 0.3 is 0 Å². The van der Waals surface area contributed by atoms with Gasteiger partial charge in [-0.25, -0.2) is 0 Å². The topological polar surface area (TPSA) is 29.5 Å². The zero-order chi connectivity index (χ0) is 7.49. The fourth-order valence-corrected chi connectivity index (χ4v) is 0.350. The summed E-state index contributed by atoms with van der Waals surface area (Å²) in [6.45, 7) is 3.26. The first kappa shape index (κ1) is 8.48. The van der Waals surface area contributed by atoms with Crippen LogP contribution in [0.2, 0.25) is 0 Å². The minimum Gasteiger partial charge on any atom is -0.389 e. The lowest BCUT2D eigenvalue weighted by Crippen LogP contribution is -2.37. The Hall–Kier alpha value is -0.520. The Morgan fingerprint density at radius 3 is 2.22 bits per heavy atom. The molecule has 0 radical (unpaired) electrons. The third-order valence-electron chi connectivity index (χ3n) is 1.51. The predicted octanol–water partition coefficient (Wildman–Crippen LogP) is 0.406. The highest BCUT2D eigenvalue weighted by Gasteiger charge is 2.26. The van der Waals surface area contributed by atoms with Gasteiger partial charge in [-0.1, -0.05) is 5.92 Å². The van der Waals surface area contributed by atoms with Crippen LogP contribution in [-0.2, 0) is 4.74 Å². The molecule has 2 unspecified atom stereocenters. The number of rotatable bonds is 2. The van der Waals surface area contributed by atoms with Crippen LogP contribution in [0.4, 0.5) is 0 Å². The highest BCUT2D eigenvalue weighted by molar-refractivity contribution is 5.08. The van der Waals surface area contributed by atoms with Crippen molar-refractivity contribution < 1.29 is 9.84 Å². The van der Waals surface area contributed by atoms with E-state index in [0.717, 1.165) is 0 Å². The quantitative estimate of drug-likeness (QED) is 0.546. The van der Waals surface area contributed by atoms with E-state index >= 15 is 0 Å². The monoisotopic (exact) mass is 128 g/mol. The molecule has 9 heavy (non-hydrogen) atoms. The average Bonchev–Trinajstić information content (AvgIpc) is 1.86. The van der Waals surface area contributed by atoms with Crippen LogP contribution in [0.25, 0.3) is 0 Å². The molecule has 0 saturated heterocycles. The van der Waals surface area contributed by atoms with Crippen LogP contribution < -0.4 is 0 Å². The fourth-order valence-electron chi connectivity index (χ4n) is 0.350. The lowest BCUT2D eigenvalue weighted by molar-refractivity contribution is -0.0404. The second-order valence-electron chi connectivity index (χ2n) is 2.13. The van der Waals surface area contributed by atoms with Gasteiger partial charge in [0.15, 0.2) is 5.60 Å². The zero-order valence-corrected chi connectivity index (χ0v) is 6.01. The molecule has 0 saturated carbocycles. The van der Waals surface area contributed by atoms with E-state index in [9.17, 15) is 0 Å². The summed E-state index contributed by atoms with van der Waals surface area (Å²) in [7, 11) is 1.48. The van der Waals surface area contributed by atoms with Crippen molar-refractivity contribution in [1.82, 2.24) is 0 Å². The van der Waals surface area contributed by atoms with Gasteiger partial charge in [-0.3, -0.25) is 0 Å². The van der Waals surface area contributed by atoms with E-state index < -0.39 is 11.7 Å². The van der Waals surface area contributed by atoms with Gasteiger partial charge in [0.25, 0.3) is 0 Å². The Balaban J connectivity index is 4.14. The Bertz CT molecular complexity index is 123. The molecular formula is C7H12O2. The molecule has 2 atom stereocenters. The number of ether oxygens (including phenoxy) is 1. The zero-order valence-electron chi connectivity index (χ0n) is 6.01. The van der Waals surface area contributed by atoms with E-state index in [1.54, 1.807) is 13.8 Å². The second kappa shape index (κ2) is 2.86. The van der Waals surface area contributed by atoms with E-state index in [4.69, 9.17) is 16.3 Å². The molecule has 2 nitrogen and oxygen atoms in total. The first-order valence-electron chi connectivity index (χ1n) is 2.78. The minimum absolute atomic E-state index is 0.632. The van der Waals surface area contributed by atoms with E-state index in [-0.39, 0.29) is 0 Å². The van der Waals surface area contributed by atoms with Gasteiger partial charge < -0.3 is 9.84 Å². The van der Waals surface area contributed by atoms with Crippen LogP contribution in [0.5, 0.6) is 0 Å². The van der Waals surface area contributed by atoms with Crippen molar-refractivity contribution in [2.24, 2.45) is 0 Å². The molecule has 0 rings (SSSR count). The molecule has 1 N–H and O–H groups in total. The summed E-state index contributed by atoms with van der Waals surface area (Å²) in [5.74, 6) is 2.36. The van der Waals surface area contributed by atoms with E-state index in [0.29, 0.717) is 0 Å². The molecule has 0 aromatic carbocycles. The standard InChI is InChI=1S/C7H12O2/c1-5-7(3,9-4)6(2)8/h1,6,8H,2-4H3. The SMILES string of the molecule is C#CC(C)(OC)C(C)O. The highest BCUT2D eigenvalue weighted by atomic mass is 16.5. The maximum atomic E-state index is 9.00. The summed E-state index contributed by atoms with van der Waals surface area (Å²) in [5.41, 5.74) is -0.833. The predicted molar refractivity (Wildman–Crippen MR) is 35.9 cm³/mol. The molecule has 0 aliphatic carbocycles. The second-order valence-corrected chi connectivity index (χ2v) is 2.13. The molecule has 0 aromatic heterocycles. The molecule has 0 bridgehead atoms. The molecule has 0 spiro atoms. The van der Waals surface area contributed by atoms with Gasteiger partial charge in [-0.2, -0.15) is 0 Å². The Labute approximate surface area is 55.8 Å². The van der Waals surface area contributed by atoms with Crippen molar-refractivity contribution in [3.8, 4) is 12.3 Å². The summed E-state index contributed by atoms with van der Waals surface area (Å²) >= 11 is 0. The Morgan fingerprint density at radius 2 is 2.22 bits per heavy atom. The third-order valence-corrected chi connectivity index (χ3v) is 1.51. The highest BCUT2D eigenvalue weighted by Crippen LogP contribution is 2.11. The van der Waals surface area contributed by atoms with Crippen LogP contribution in [0.1, 0.15) is 13.8 Å². The summed E-state index contributed by atoms with van der Waals surface area (Å²) in [6, 6.07) is 0. The van der Waals surface area contributed by atoms with Crippen molar-refractivity contribution in [3.05, 3.63) is 0 Å². The molecule has 0 aromatic rings. The van der Waals surface area contributed by atoms with Gasteiger partial charge in [0.05, 0.1) is 6.10 Å². The minimum atomic E-state index is -0.833. The Kier molecular flexibility index (Phi) is 2.69. The van der Waals surface area contributed by atoms with Gasteiger partial charge in [0.2, 0.25) is 0 Å². The van der Waals surface area contributed by atoms with Crippen LogP contribution in [0, 0.1) is 12.3 Å². The average molecular weight is 128 g/mol. The Morgan fingerprint density at radius 1 is 1.78 bits per heavy atom. The lowest BCUT2D eigenvalue weighted by Gasteiger charge is -2.24. The molecule has 0 aliphatic rings. The first-order valence-corrected chi connectivity index (χ1v) is 2.78. The number of aliphatic hydroxyl groups excluding tert-OH is 1. The number of hydrogen-bond donors (Lipinski definition) is 1. The molecule has 2 heteroatoms.